The number of hydrogen-bond donors (Lipinski definition) is 0. The molecule has 0 spiro atoms. The highest BCUT2D eigenvalue weighted by Gasteiger charge is 2.41. The predicted molar refractivity (Wildman–Crippen MR) is 172 cm³/mol. The molecular weight excluding hydrogens is 598 g/mol. The van der Waals surface area contributed by atoms with Gasteiger partial charge in [0.05, 0.1) is 51.8 Å². The van der Waals surface area contributed by atoms with Gasteiger partial charge in [-0.15, -0.1) is 0 Å². The summed E-state index contributed by atoms with van der Waals surface area (Å²) in [5.41, 5.74) is 0.411. The number of methoxy groups -OCH3 is 1. The number of carbonyl (C=O) groups is 2. The Hall–Kier alpha value is -4.26. The fraction of sp³-hybridized carbons (Fsp3) is 0.531. The number of aryl methyl sites for hydroxylation is 1. The first-order valence-corrected chi connectivity index (χ1v) is 14.9. The van der Waals surface area contributed by atoms with Gasteiger partial charge in [0.25, 0.3) is 5.69 Å². The minimum atomic E-state index is -2.69. The van der Waals surface area contributed by atoms with E-state index >= 15 is 0 Å². The summed E-state index contributed by atoms with van der Waals surface area (Å²) in [6.45, 7) is 20.8. The number of anilines is 1. The van der Waals surface area contributed by atoms with Gasteiger partial charge in [-0.05, 0) is 67.0 Å². The number of fused-ring (bicyclic) bond motifs is 1. The molecule has 0 bridgehead atoms. The highest BCUT2D eigenvalue weighted by molar-refractivity contribution is 6.32. The molecule has 3 heterocycles. The second-order valence-corrected chi connectivity index (χ2v) is 13.1. The second-order valence-electron chi connectivity index (χ2n) is 12.7. The Kier molecular flexibility index (Phi) is 8.51. The normalized spacial score (nSPS) is 18.0. The third-order valence-electron chi connectivity index (χ3n) is 6.97. The van der Waals surface area contributed by atoms with Gasteiger partial charge in [0.2, 0.25) is 0 Å². The summed E-state index contributed by atoms with van der Waals surface area (Å²) >= 11 is 6.59. The monoisotopic (exact) mass is 640 g/mol. The molecule has 0 saturated carbocycles. The number of nitrogens with zero attached hydrogens (tertiary/aromatic N) is 7. The van der Waals surface area contributed by atoms with Crippen LogP contribution in [-0.4, -0.2) is 80.9 Å². The van der Waals surface area contributed by atoms with Crippen molar-refractivity contribution < 1.29 is 27.9 Å². The second kappa shape index (κ2) is 13.0. The van der Waals surface area contributed by atoms with E-state index in [2.05, 4.69) is 26.8 Å². The highest BCUT2D eigenvalue weighted by Crippen LogP contribution is 2.39. The number of aromatic nitrogens is 4. The van der Waals surface area contributed by atoms with Crippen LogP contribution in [0.3, 0.4) is 0 Å². The van der Waals surface area contributed by atoms with Crippen molar-refractivity contribution in [3.63, 3.8) is 0 Å². The number of likely N-dealkylation sites (tertiary alicyclic amines) is 1. The SMILES string of the molecule is [2H]C([2H])([2H])OC[C@H]1C[C@H](n2nc(C#Cc3cc4ncn(CC)c4cc3Cl)c([N+]#[C-])c2N(C)C(=O)OC(C)(C)C)CN1C(=O)OC(C)(C)C. The smallest absolute Gasteiger partial charge is 0.414 e. The van der Waals surface area contributed by atoms with E-state index in [-0.39, 0.29) is 36.8 Å². The van der Waals surface area contributed by atoms with Crippen LogP contribution in [-0.2, 0) is 20.8 Å². The minimum Gasteiger partial charge on any atom is -0.444 e. The van der Waals surface area contributed by atoms with Crippen LogP contribution in [0.1, 0.15) is 76.3 Å². The lowest BCUT2D eigenvalue weighted by molar-refractivity contribution is 0.0145. The molecule has 3 aromatic rings. The van der Waals surface area contributed by atoms with E-state index in [4.69, 9.17) is 36.5 Å². The lowest BCUT2D eigenvalue weighted by Crippen LogP contribution is -2.41. The quantitative estimate of drug-likeness (QED) is 0.234. The summed E-state index contributed by atoms with van der Waals surface area (Å²) < 4.78 is 42.3. The molecule has 4 rings (SSSR count). The first-order chi connectivity index (χ1) is 22.2. The van der Waals surface area contributed by atoms with E-state index in [1.165, 1.54) is 21.5 Å². The molecule has 1 aliphatic heterocycles. The van der Waals surface area contributed by atoms with Crippen molar-refractivity contribution in [2.45, 2.75) is 84.7 Å². The average molecular weight is 641 g/mol. The van der Waals surface area contributed by atoms with Crippen molar-refractivity contribution >= 4 is 46.3 Å². The molecule has 2 amide bonds. The molecule has 12 nitrogen and oxygen atoms in total. The maximum Gasteiger partial charge on any atom is 0.414 e. The van der Waals surface area contributed by atoms with Crippen LogP contribution < -0.4 is 4.90 Å². The van der Waals surface area contributed by atoms with Crippen LogP contribution in [0.4, 0.5) is 21.1 Å². The third kappa shape index (κ3) is 7.52. The summed E-state index contributed by atoms with van der Waals surface area (Å²) in [4.78, 5) is 37.3. The first-order valence-electron chi connectivity index (χ1n) is 16.0. The van der Waals surface area contributed by atoms with Crippen molar-refractivity contribution in [3.05, 3.63) is 46.2 Å². The number of carbonyl (C=O) groups excluding carboxylic acids is 2. The van der Waals surface area contributed by atoms with Crippen LogP contribution >= 0.6 is 11.6 Å². The Bertz CT molecular complexity index is 1800. The zero-order chi connectivity index (χ0) is 35.8. The molecule has 0 unspecified atom stereocenters. The maximum absolute atomic E-state index is 13.3. The van der Waals surface area contributed by atoms with Crippen LogP contribution in [0.25, 0.3) is 15.9 Å². The van der Waals surface area contributed by atoms with Gasteiger partial charge >= 0.3 is 12.2 Å². The molecule has 1 fully saturated rings. The Morgan fingerprint density at radius 1 is 1.20 bits per heavy atom. The molecule has 45 heavy (non-hydrogen) atoms. The fourth-order valence-corrected chi connectivity index (χ4v) is 5.21. The fourth-order valence-electron chi connectivity index (χ4n) is 5.01. The van der Waals surface area contributed by atoms with Gasteiger partial charge < -0.3 is 23.7 Å². The lowest BCUT2D eigenvalue weighted by atomic mass is 10.2. The molecule has 2 aromatic heterocycles. The Balaban J connectivity index is 1.82. The number of amides is 2. The van der Waals surface area contributed by atoms with E-state index in [9.17, 15) is 9.59 Å². The number of ether oxygens (including phenoxy) is 3. The molecule has 0 radical (unpaired) electrons. The van der Waals surface area contributed by atoms with E-state index in [1.807, 2.05) is 11.5 Å². The molecule has 1 aliphatic rings. The summed E-state index contributed by atoms with van der Waals surface area (Å²) in [5, 5.41) is 5.08. The topological polar surface area (TPSA) is 108 Å². The Morgan fingerprint density at radius 3 is 2.53 bits per heavy atom. The van der Waals surface area contributed by atoms with Gasteiger partial charge in [0.15, 0.2) is 0 Å². The lowest BCUT2D eigenvalue weighted by Gasteiger charge is -2.28. The molecule has 1 aromatic carbocycles. The van der Waals surface area contributed by atoms with Crippen molar-refractivity contribution in [1.29, 1.82) is 0 Å². The molecule has 240 valence electrons. The summed E-state index contributed by atoms with van der Waals surface area (Å²) in [5.74, 6) is 6.06. The molecule has 0 N–H and O–H groups in total. The third-order valence-corrected chi connectivity index (χ3v) is 7.28. The van der Waals surface area contributed by atoms with E-state index in [1.54, 1.807) is 60.0 Å². The summed E-state index contributed by atoms with van der Waals surface area (Å²) in [6.07, 6.45) is 0.490. The van der Waals surface area contributed by atoms with Crippen LogP contribution in [0.15, 0.2) is 18.5 Å². The van der Waals surface area contributed by atoms with Crippen molar-refractivity contribution in [3.8, 4) is 11.8 Å². The first kappa shape index (κ1) is 29.5. The number of benzene rings is 1. The van der Waals surface area contributed by atoms with E-state index in [0.29, 0.717) is 22.6 Å². The van der Waals surface area contributed by atoms with E-state index < -0.39 is 42.5 Å². The van der Waals surface area contributed by atoms with Crippen molar-refractivity contribution in [1.82, 2.24) is 24.2 Å². The molecule has 13 heteroatoms. The van der Waals surface area contributed by atoms with Gasteiger partial charge in [-0.3, -0.25) is 9.58 Å². The minimum absolute atomic E-state index is 0.0191. The number of rotatable bonds is 5. The molecule has 1 saturated heterocycles. The standard InChI is InChI=1S/C32H40ClN7O5/c1-11-38-19-35-25-14-20(23(33)16-26(25)38)12-13-24-27(34-8)28(37(9)29(41)44-31(2,3)4)40(36-24)21-15-22(18-43-10)39(17-21)30(42)45-32(5,6)7/h14,16,19,21-22H,11,15,17-18H2,1-7,9-10H3/t21-,22+/m0/s1/i10D3. The van der Waals surface area contributed by atoms with Crippen molar-refractivity contribution in [2.75, 3.05) is 32.1 Å². The highest BCUT2D eigenvalue weighted by atomic mass is 35.5. The molecular formula is C32H40ClN7O5. The Morgan fingerprint density at radius 2 is 1.91 bits per heavy atom. The van der Waals surface area contributed by atoms with Gasteiger partial charge in [0.1, 0.15) is 22.7 Å². The van der Waals surface area contributed by atoms with E-state index in [0.717, 1.165) is 5.52 Å². The van der Waals surface area contributed by atoms with Crippen LogP contribution in [0.2, 0.25) is 5.02 Å². The van der Waals surface area contributed by atoms with Gasteiger partial charge in [-0.2, -0.15) is 5.10 Å². The van der Waals surface area contributed by atoms with Gasteiger partial charge in [0, 0.05) is 32.7 Å². The summed E-state index contributed by atoms with van der Waals surface area (Å²) in [6, 6.07) is 2.19. The van der Waals surface area contributed by atoms with Crippen LogP contribution in [0, 0.1) is 18.4 Å². The van der Waals surface area contributed by atoms with Gasteiger partial charge in [-0.1, -0.05) is 23.4 Å². The van der Waals surface area contributed by atoms with Crippen LogP contribution in [0.5, 0.6) is 0 Å². The number of hydrogen-bond acceptors (Lipinski definition) is 7. The summed E-state index contributed by atoms with van der Waals surface area (Å²) in [7, 11) is -1.23. The zero-order valence-corrected chi connectivity index (χ0v) is 27.5. The maximum atomic E-state index is 13.3. The zero-order valence-electron chi connectivity index (χ0n) is 29.8. The number of imidazole rings is 1. The van der Waals surface area contributed by atoms with Crippen molar-refractivity contribution in [2.24, 2.45) is 0 Å². The number of halogens is 1. The average Bonchev–Trinajstić information content (AvgIpc) is 3.66. The Labute approximate surface area is 273 Å². The molecule has 0 aliphatic carbocycles. The predicted octanol–water partition coefficient (Wildman–Crippen LogP) is 6.42. The van der Waals surface area contributed by atoms with Gasteiger partial charge in [-0.25, -0.2) is 19.4 Å². The largest absolute Gasteiger partial charge is 0.444 e. The molecule has 2 atom stereocenters.